The van der Waals surface area contributed by atoms with Crippen LogP contribution in [0, 0.1) is 19.7 Å². The second-order valence-corrected chi connectivity index (χ2v) is 6.14. The minimum atomic E-state index is -0.294. The first-order valence-electron chi connectivity index (χ1n) is 8.13. The maximum absolute atomic E-state index is 13.0. The van der Waals surface area contributed by atoms with Gasteiger partial charge in [-0.1, -0.05) is 29.8 Å². The van der Waals surface area contributed by atoms with E-state index in [1.165, 1.54) is 17.7 Å². The van der Waals surface area contributed by atoms with Gasteiger partial charge in [0.2, 0.25) is 0 Å². The molecule has 1 N–H and O–H groups in total. The molecule has 0 aliphatic heterocycles. The van der Waals surface area contributed by atoms with Crippen molar-refractivity contribution >= 4 is 5.91 Å². The molecule has 2 aromatic carbocycles. The highest BCUT2D eigenvalue weighted by atomic mass is 19.1. The summed E-state index contributed by atoms with van der Waals surface area (Å²) < 4.78 is 14.8. The zero-order valence-corrected chi connectivity index (χ0v) is 14.5. The van der Waals surface area contributed by atoms with Gasteiger partial charge in [-0.2, -0.15) is 5.10 Å². The summed E-state index contributed by atoms with van der Waals surface area (Å²) in [5.74, 6) is -0.495. The molecular formula is C20H20FN3O. The molecule has 128 valence electrons. The van der Waals surface area contributed by atoms with Gasteiger partial charge in [0.15, 0.2) is 0 Å². The Morgan fingerprint density at radius 2 is 1.72 bits per heavy atom. The van der Waals surface area contributed by atoms with Gasteiger partial charge in [0, 0.05) is 0 Å². The Kier molecular flexibility index (Phi) is 4.65. The number of rotatable bonds is 4. The van der Waals surface area contributed by atoms with Gasteiger partial charge < -0.3 is 5.32 Å². The van der Waals surface area contributed by atoms with Gasteiger partial charge in [-0.05, 0) is 50.6 Å². The number of hydrogen-bond acceptors (Lipinski definition) is 2. The largest absolute Gasteiger partial charge is 0.345 e. The van der Waals surface area contributed by atoms with Crippen LogP contribution in [0.2, 0.25) is 0 Å². The Morgan fingerprint density at radius 3 is 2.36 bits per heavy atom. The normalized spacial score (nSPS) is 12.0. The van der Waals surface area contributed by atoms with E-state index in [2.05, 4.69) is 10.4 Å². The molecule has 0 radical (unpaired) electrons. The van der Waals surface area contributed by atoms with E-state index in [1.807, 2.05) is 45.0 Å². The van der Waals surface area contributed by atoms with Crippen molar-refractivity contribution in [3.8, 4) is 5.69 Å². The lowest BCUT2D eigenvalue weighted by molar-refractivity contribution is 0.0939. The van der Waals surface area contributed by atoms with E-state index < -0.39 is 0 Å². The van der Waals surface area contributed by atoms with E-state index >= 15 is 0 Å². The van der Waals surface area contributed by atoms with Crippen LogP contribution in [0.5, 0.6) is 0 Å². The van der Waals surface area contributed by atoms with Crippen LogP contribution in [-0.2, 0) is 0 Å². The number of benzene rings is 2. The first-order chi connectivity index (χ1) is 12.0. The van der Waals surface area contributed by atoms with Crippen LogP contribution in [0.25, 0.3) is 5.69 Å². The molecule has 0 bridgehead atoms. The summed E-state index contributed by atoms with van der Waals surface area (Å²) >= 11 is 0. The van der Waals surface area contributed by atoms with Crippen molar-refractivity contribution in [2.24, 2.45) is 0 Å². The number of nitrogens with one attached hydrogen (secondary N) is 1. The number of carbonyl (C=O) groups is 1. The van der Waals surface area contributed by atoms with Crippen molar-refractivity contribution in [3.63, 3.8) is 0 Å². The van der Waals surface area contributed by atoms with Crippen LogP contribution in [0.15, 0.2) is 54.7 Å². The summed E-state index contributed by atoms with van der Waals surface area (Å²) in [5.41, 5.74) is 4.22. The maximum Gasteiger partial charge on any atom is 0.255 e. The van der Waals surface area contributed by atoms with Crippen molar-refractivity contribution in [1.29, 1.82) is 0 Å². The molecule has 1 heterocycles. The summed E-state index contributed by atoms with van der Waals surface area (Å²) in [6.07, 6.45) is 1.57. The molecule has 4 nitrogen and oxygen atoms in total. The summed E-state index contributed by atoms with van der Waals surface area (Å²) in [5, 5.41) is 7.27. The number of aryl methyl sites for hydroxylation is 1. The highest BCUT2D eigenvalue weighted by Gasteiger charge is 2.17. The van der Waals surface area contributed by atoms with Gasteiger partial charge in [0.05, 0.1) is 29.2 Å². The van der Waals surface area contributed by atoms with Crippen LogP contribution in [-0.4, -0.2) is 15.7 Å². The van der Waals surface area contributed by atoms with Crippen molar-refractivity contribution in [1.82, 2.24) is 15.1 Å². The van der Waals surface area contributed by atoms with E-state index in [-0.39, 0.29) is 17.8 Å². The number of carbonyl (C=O) groups excluding carboxylic acids is 1. The van der Waals surface area contributed by atoms with Gasteiger partial charge in [-0.3, -0.25) is 4.79 Å². The molecule has 0 spiro atoms. The summed E-state index contributed by atoms with van der Waals surface area (Å²) in [7, 11) is 0. The highest BCUT2D eigenvalue weighted by molar-refractivity contribution is 5.95. The minimum Gasteiger partial charge on any atom is -0.345 e. The first kappa shape index (κ1) is 16.9. The third-order valence-corrected chi connectivity index (χ3v) is 4.25. The minimum absolute atomic E-state index is 0.201. The molecule has 0 fully saturated rings. The van der Waals surface area contributed by atoms with E-state index in [0.717, 1.165) is 16.9 Å². The standard InChI is InChI=1S/C20H20FN3O/c1-13-4-10-18(11-5-13)24-15(3)19(12-22-24)20(25)23-14(2)16-6-8-17(21)9-7-16/h4-12,14H,1-3H3,(H,23,25)/t14-/m0/s1. The van der Waals surface area contributed by atoms with Crippen LogP contribution in [0.1, 0.15) is 40.1 Å². The Bertz CT molecular complexity index is 882. The highest BCUT2D eigenvalue weighted by Crippen LogP contribution is 2.17. The second kappa shape index (κ2) is 6.89. The smallest absolute Gasteiger partial charge is 0.255 e. The molecule has 0 aliphatic carbocycles. The van der Waals surface area contributed by atoms with Gasteiger partial charge in [-0.25, -0.2) is 9.07 Å². The zero-order valence-electron chi connectivity index (χ0n) is 14.5. The van der Waals surface area contributed by atoms with Crippen LogP contribution < -0.4 is 5.32 Å². The Labute approximate surface area is 146 Å². The zero-order chi connectivity index (χ0) is 18.0. The number of halogens is 1. The van der Waals surface area contributed by atoms with Crippen molar-refractivity contribution < 1.29 is 9.18 Å². The number of hydrogen-bond donors (Lipinski definition) is 1. The van der Waals surface area contributed by atoms with E-state index in [4.69, 9.17) is 0 Å². The molecule has 1 atom stereocenters. The molecule has 0 saturated carbocycles. The van der Waals surface area contributed by atoms with Gasteiger partial charge in [-0.15, -0.1) is 0 Å². The topological polar surface area (TPSA) is 46.9 Å². The quantitative estimate of drug-likeness (QED) is 0.778. The van der Waals surface area contributed by atoms with Crippen LogP contribution >= 0.6 is 0 Å². The average molecular weight is 337 g/mol. The first-order valence-corrected chi connectivity index (χ1v) is 8.13. The number of nitrogens with zero attached hydrogens (tertiary/aromatic N) is 2. The number of aromatic nitrogens is 2. The average Bonchev–Trinajstić information content (AvgIpc) is 2.98. The van der Waals surface area contributed by atoms with Crippen LogP contribution in [0.4, 0.5) is 4.39 Å². The monoisotopic (exact) mass is 337 g/mol. The summed E-state index contributed by atoms with van der Waals surface area (Å²) in [4.78, 5) is 12.6. The fraction of sp³-hybridized carbons (Fsp3) is 0.200. The van der Waals surface area contributed by atoms with Crippen molar-refractivity contribution in [2.45, 2.75) is 26.8 Å². The third-order valence-electron chi connectivity index (χ3n) is 4.25. The predicted octanol–water partition coefficient (Wildman–Crippen LogP) is 4.12. The van der Waals surface area contributed by atoms with Crippen LogP contribution in [0.3, 0.4) is 0 Å². The van der Waals surface area contributed by atoms with Crippen molar-refractivity contribution in [2.75, 3.05) is 0 Å². The molecule has 0 aliphatic rings. The lowest BCUT2D eigenvalue weighted by Crippen LogP contribution is -2.27. The van der Waals surface area contributed by atoms with Gasteiger partial charge in [0.1, 0.15) is 5.82 Å². The summed E-state index contributed by atoms with van der Waals surface area (Å²) in [6, 6.07) is 13.8. The molecule has 3 aromatic rings. The molecule has 0 unspecified atom stereocenters. The van der Waals surface area contributed by atoms with E-state index in [9.17, 15) is 9.18 Å². The molecular weight excluding hydrogens is 317 g/mol. The summed E-state index contributed by atoms with van der Waals surface area (Å²) in [6.45, 7) is 5.75. The SMILES string of the molecule is Cc1ccc(-n2ncc(C(=O)N[C@@H](C)c3ccc(F)cc3)c2C)cc1. The van der Waals surface area contributed by atoms with Crippen molar-refractivity contribution in [3.05, 3.63) is 82.9 Å². The Hall–Kier alpha value is -2.95. The van der Waals surface area contributed by atoms with E-state index in [1.54, 1.807) is 23.0 Å². The second-order valence-electron chi connectivity index (χ2n) is 6.14. The fourth-order valence-corrected chi connectivity index (χ4v) is 2.69. The molecule has 5 heteroatoms. The molecule has 1 aromatic heterocycles. The maximum atomic E-state index is 13.0. The Balaban J connectivity index is 1.79. The predicted molar refractivity (Wildman–Crippen MR) is 95.3 cm³/mol. The molecule has 1 amide bonds. The van der Waals surface area contributed by atoms with E-state index in [0.29, 0.717) is 5.56 Å². The molecule has 0 saturated heterocycles. The fourth-order valence-electron chi connectivity index (χ4n) is 2.69. The molecule has 25 heavy (non-hydrogen) atoms. The van der Waals surface area contributed by atoms with Gasteiger partial charge in [0.25, 0.3) is 5.91 Å². The van der Waals surface area contributed by atoms with Gasteiger partial charge >= 0.3 is 0 Å². The third kappa shape index (κ3) is 3.60. The lowest BCUT2D eigenvalue weighted by Gasteiger charge is -2.14. The molecule has 3 rings (SSSR count). The lowest BCUT2D eigenvalue weighted by atomic mass is 10.1. The Morgan fingerprint density at radius 1 is 1.08 bits per heavy atom. The number of amides is 1.